The van der Waals surface area contributed by atoms with Crippen molar-refractivity contribution in [1.82, 2.24) is 0 Å². The average molecular weight is 809 g/mol. The molecular weight excluding hydrogens is 731 g/mol. The van der Waals surface area contributed by atoms with E-state index >= 15 is 0 Å². The zero-order chi connectivity index (χ0) is 41.5. The molecule has 0 aromatic rings. The summed E-state index contributed by atoms with van der Waals surface area (Å²) in [6.45, 7) is 5.67. The SMILES string of the molecule is CC/C=C\C[C@H](O)/C=C/C=C\C/C=C\C=C\[C@H](O)/C=C\CCCC(=O)O[C@H](COC(=O)CCCCCCCCCCCCCCCCC(C)C)COP(=O)(O)O. The number of ether oxygens (including phenoxy) is 2. The Morgan fingerprint density at radius 1 is 0.625 bits per heavy atom. The number of hydrogen-bond donors (Lipinski definition) is 4. The lowest BCUT2D eigenvalue weighted by atomic mass is 10.0. The molecule has 0 fully saturated rings. The van der Waals surface area contributed by atoms with Crippen molar-refractivity contribution in [2.75, 3.05) is 13.2 Å². The van der Waals surface area contributed by atoms with Crippen molar-refractivity contribution < 1.29 is 48.2 Å². The lowest BCUT2D eigenvalue weighted by Gasteiger charge is -2.18. The summed E-state index contributed by atoms with van der Waals surface area (Å²) in [5.41, 5.74) is 0. The van der Waals surface area contributed by atoms with Gasteiger partial charge in [0.05, 0.1) is 18.8 Å². The van der Waals surface area contributed by atoms with Gasteiger partial charge in [0.1, 0.15) is 6.61 Å². The van der Waals surface area contributed by atoms with E-state index < -0.39 is 44.7 Å². The number of allylic oxidation sites excluding steroid dienone is 8. The van der Waals surface area contributed by atoms with Crippen molar-refractivity contribution in [3.63, 3.8) is 0 Å². The summed E-state index contributed by atoms with van der Waals surface area (Å²) in [5, 5.41) is 19.9. The van der Waals surface area contributed by atoms with Gasteiger partial charge in [-0.1, -0.05) is 184 Å². The van der Waals surface area contributed by atoms with Crippen LogP contribution in [0.1, 0.15) is 162 Å². The van der Waals surface area contributed by atoms with Gasteiger partial charge in [0, 0.05) is 12.8 Å². The van der Waals surface area contributed by atoms with E-state index in [-0.39, 0.29) is 19.4 Å². The van der Waals surface area contributed by atoms with Gasteiger partial charge in [0.2, 0.25) is 0 Å². The quantitative estimate of drug-likeness (QED) is 0.0156. The Morgan fingerprint density at radius 3 is 1.75 bits per heavy atom. The molecule has 0 radical (unpaired) electrons. The van der Waals surface area contributed by atoms with E-state index in [4.69, 9.17) is 19.3 Å². The molecule has 0 aliphatic heterocycles. The van der Waals surface area contributed by atoms with Crippen molar-refractivity contribution in [2.24, 2.45) is 5.92 Å². The zero-order valence-corrected chi connectivity index (χ0v) is 35.8. The fourth-order valence-electron chi connectivity index (χ4n) is 5.65. The summed E-state index contributed by atoms with van der Waals surface area (Å²) in [4.78, 5) is 42.9. The van der Waals surface area contributed by atoms with Gasteiger partial charge in [-0.3, -0.25) is 14.1 Å². The Bertz CT molecular complexity index is 1180. The van der Waals surface area contributed by atoms with Crippen molar-refractivity contribution in [3.05, 3.63) is 72.9 Å². The first-order valence-electron chi connectivity index (χ1n) is 21.3. The maximum absolute atomic E-state index is 12.4. The van der Waals surface area contributed by atoms with E-state index in [1.54, 1.807) is 30.4 Å². The molecule has 56 heavy (non-hydrogen) atoms. The van der Waals surface area contributed by atoms with Crippen LogP contribution in [0.4, 0.5) is 0 Å². The van der Waals surface area contributed by atoms with Gasteiger partial charge >= 0.3 is 19.8 Å². The van der Waals surface area contributed by atoms with E-state index in [1.165, 1.54) is 70.6 Å². The topological polar surface area (TPSA) is 160 Å². The molecule has 11 heteroatoms. The Morgan fingerprint density at radius 2 is 1.18 bits per heavy atom. The van der Waals surface area contributed by atoms with Gasteiger partial charge in [0.15, 0.2) is 6.10 Å². The minimum absolute atomic E-state index is 0.0234. The fourth-order valence-corrected chi connectivity index (χ4v) is 6.01. The van der Waals surface area contributed by atoms with Crippen molar-refractivity contribution in [2.45, 2.75) is 180 Å². The molecule has 0 bridgehead atoms. The first kappa shape index (κ1) is 53.4. The number of carbonyl (C=O) groups is 2. The number of esters is 2. The third kappa shape index (κ3) is 41.1. The fraction of sp³-hybridized carbons (Fsp3) is 0.689. The molecule has 3 atom stereocenters. The third-order valence-corrected chi connectivity index (χ3v) is 9.33. The Labute approximate surface area is 339 Å². The van der Waals surface area contributed by atoms with Crippen molar-refractivity contribution in [1.29, 1.82) is 0 Å². The molecule has 0 saturated carbocycles. The van der Waals surface area contributed by atoms with Gasteiger partial charge < -0.3 is 29.5 Å². The highest BCUT2D eigenvalue weighted by Crippen LogP contribution is 2.36. The van der Waals surface area contributed by atoms with E-state index in [0.29, 0.717) is 32.1 Å². The lowest BCUT2D eigenvalue weighted by Crippen LogP contribution is -2.29. The number of aliphatic hydroxyl groups excluding tert-OH is 2. The van der Waals surface area contributed by atoms with Crippen molar-refractivity contribution >= 4 is 19.8 Å². The molecule has 0 aromatic carbocycles. The molecule has 0 spiro atoms. The molecule has 322 valence electrons. The number of phosphoric acid groups is 1. The van der Waals surface area contributed by atoms with E-state index in [0.717, 1.165) is 31.6 Å². The molecule has 0 aromatic heterocycles. The third-order valence-electron chi connectivity index (χ3n) is 8.84. The van der Waals surface area contributed by atoms with Crippen LogP contribution in [0, 0.1) is 5.92 Å². The van der Waals surface area contributed by atoms with Crippen molar-refractivity contribution in [3.8, 4) is 0 Å². The minimum atomic E-state index is -4.81. The smallest absolute Gasteiger partial charge is 0.462 e. The molecule has 4 N–H and O–H groups in total. The van der Waals surface area contributed by atoms with Gasteiger partial charge in [-0.15, -0.1) is 0 Å². The second-order valence-electron chi connectivity index (χ2n) is 14.8. The van der Waals surface area contributed by atoms with Crippen LogP contribution in [0.3, 0.4) is 0 Å². The number of carbonyl (C=O) groups excluding carboxylic acids is 2. The van der Waals surface area contributed by atoms with E-state index in [9.17, 15) is 24.4 Å². The van der Waals surface area contributed by atoms with Crippen LogP contribution in [0.5, 0.6) is 0 Å². The van der Waals surface area contributed by atoms with Crippen LogP contribution >= 0.6 is 7.82 Å². The monoisotopic (exact) mass is 809 g/mol. The number of phosphoric ester groups is 1. The lowest BCUT2D eigenvalue weighted by molar-refractivity contribution is -0.161. The predicted molar refractivity (Wildman–Crippen MR) is 228 cm³/mol. The van der Waals surface area contributed by atoms with Gasteiger partial charge in [-0.2, -0.15) is 0 Å². The highest BCUT2D eigenvalue weighted by Gasteiger charge is 2.22. The van der Waals surface area contributed by atoms with Crippen LogP contribution in [0.15, 0.2) is 72.9 Å². The zero-order valence-electron chi connectivity index (χ0n) is 34.9. The van der Waals surface area contributed by atoms with E-state index in [2.05, 4.69) is 25.3 Å². The summed E-state index contributed by atoms with van der Waals surface area (Å²) in [5.74, 6) is -0.250. The normalized spacial score (nSPS) is 14.4. The Hall–Kier alpha value is -2.59. The maximum Gasteiger partial charge on any atom is 0.469 e. The number of unbranched alkanes of at least 4 members (excludes halogenated alkanes) is 14. The Kier molecular flexibility index (Phi) is 36.2. The number of aliphatic hydroxyl groups is 2. The first-order chi connectivity index (χ1) is 26.9. The second kappa shape index (κ2) is 38.0. The first-order valence-corrected chi connectivity index (χ1v) is 22.9. The summed E-state index contributed by atoms with van der Waals surface area (Å²) in [6, 6.07) is 0. The van der Waals surface area contributed by atoms with Crippen LogP contribution in [-0.4, -0.2) is 63.5 Å². The largest absolute Gasteiger partial charge is 0.469 e. The Balaban J connectivity index is 4.17. The molecule has 0 heterocycles. The van der Waals surface area contributed by atoms with Gasteiger partial charge in [-0.05, 0) is 44.4 Å². The average Bonchev–Trinajstić information content (AvgIpc) is 3.14. The molecule has 0 amide bonds. The second-order valence-corrected chi connectivity index (χ2v) is 16.1. The molecule has 0 aliphatic carbocycles. The molecule has 0 unspecified atom stereocenters. The molecular formula is C45H77O10P. The minimum Gasteiger partial charge on any atom is -0.462 e. The van der Waals surface area contributed by atoms with Crippen LogP contribution in [0.2, 0.25) is 0 Å². The summed E-state index contributed by atoms with van der Waals surface area (Å²) >= 11 is 0. The number of hydrogen-bond acceptors (Lipinski definition) is 8. The van der Waals surface area contributed by atoms with Crippen LogP contribution in [-0.2, 0) is 28.2 Å². The summed E-state index contributed by atoms with van der Waals surface area (Å²) < 4.78 is 26.3. The highest BCUT2D eigenvalue weighted by atomic mass is 31.2. The van der Waals surface area contributed by atoms with E-state index in [1.807, 2.05) is 42.5 Å². The van der Waals surface area contributed by atoms with Gasteiger partial charge in [-0.25, -0.2) is 4.57 Å². The molecule has 0 aliphatic rings. The molecule has 10 nitrogen and oxygen atoms in total. The standard InChI is InChI=1S/C45H77O10P/c1-4-5-24-32-41(46)33-26-20-16-14-17-21-27-34-42(47)35-28-23-30-37-45(49)55-43(39-54-56(50,51)52)38-53-44(48)36-29-22-18-13-11-9-7-6-8-10-12-15-19-25-31-40(2)3/h5,16-17,20-21,24,26-28,33-35,40-43,46-47H,4,6-15,18-19,22-23,25,29-32,36-39H2,1-3H3,(H2,50,51,52)/b20-16-,21-17-,24-5-,33-26+,34-27+,35-28-/t41-,42-,43+/m0/s1. The molecule has 0 saturated heterocycles. The summed E-state index contributed by atoms with van der Waals surface area (Å²) in [7, 11) is -4.81. The maximum atomic E-state index is 12.4. The van der Waals surface area contributed by atoms with Crippen LogP contribution in [0.25, 0.3) is 0 Å². The number of rotatable bonds is 37. The van der Waals surface area contributed by atoms with Crippen LogP contribution < -0.4 is 0 Å². The molecule has 0 rings (SSSR count). The highest BCUT2D eigenvalue weighted by molar-refractivity contribution is 7.46. The van der Waals surface area contributed by atoms with Gasteiger partial charge in [0.25, 0.3) is 0 Å². The predicted octanol–water partition coefficient (Wildman–Crippen LogP) is 10.9. The summed E-state index contributed by atoms with van der Waals surface area (Å²) in [6.07, 6.45) is 41.3.